The van der Waals surface area contributed by atoms with Gasteiger partial charge >= 0.3 is 26.2 Å². The number of halogens is 3. The van der Waals surface area contributed by atoms with Crippen LogP contribution < -0.4 is 48.1 Å². The van der Waals surface area contributed by atoms with Gasteiger partial charge in [0.1, 0.15) is 0 Å². The van der Waals surface area contributed by atoms with Crippen LogP contribution in [0.25, 0.3) is 0 Å². The molecule has 19 heavy (non-hydrogen) atoms. The molecule has 0 saturated heterocycles. The molecule has 3 rings (SSSR count). The molecule has 1 aliphatic rings. The SMILES string of the molecule is CB1c2ccccc2Cc2ccccc21.[Cl-].[Cl-].[Cl-].[Zr+3]. The molecule has 0 saturated carbocycles. The first-order valence-electron chi connectivity index (χ1n) is 5.52. The maximum absolute atomic E-state index is 2.30. The first kappa shape index (κ1) is 21.6. The van der Waals surface area contributed by atoms with Gasteiger partial charge in [-0.15, -0.1) is 0 Å². The summed E-state index contributed by atoms with van der Waals surface area (Å²) in [4.78, 5) is 0. The Kier molecular flexibility index (Phi) is 10.5. The molecule has 0 unspecified atom stereocenters. The minimum Gasteiger partial charge on any atom is -1.00 e. The number of fused-ring (bicyclic) bond motifs is 2. The molecule has 2 aromatic rings. The largest absolute Gasteiger partial charge is 3.00 e. The van der Waals surface area contributed by atoms with E-state index in [1.165, 1.54) is 22.1 Å². The minimum atomic E-state index is 0. The maximum atomic E-state index is 2.30. The summed E-state index contributed by atoms with van der Waals surface area (Å²) in [5.74, 6) is 0. The summed E-state index contributed by atoms with van der Waals surface area (Å²) >= 11 is 0. The monoisotopic (exact) mass is 387 g/mol. The summed E-state index contributed by atoms with van der Waals surface area (Å²) in [7, 11) is 0. The third kappa shape index (κ3) is 4.11. The van der Waals surface area contributed by atoms with E-state index in [9.17, 15) is 0 Å². The second-order valence-corrected chi connectivity index (χ2v) is 4.30. The van der Waals surface area contributed by atoms with Crippen LogP contribution in [0.2, 0.25) is 6.82 Å². The molecular weight excluding hydrogens is 377 g/mol. The Morgan fingerprint density at radius 2 is 1.11 bits per heavy atom. The van der Waals surface area contributed by atoms with E-state index in [1.807, 2.05) is 0 Å². The topological polar surface area (TPSA) is 0 Å². The molecule has 1 radical (unpaired) electrons. The van der Waals surface area contributed by atoms with Crippen molar-refractivity contribution in [2.24, 2.45) is 0 Å². The van der Waals surface area contributed by atoms with E-state index in [2.05, 4.69) is 55.4 Å². The molecule has 0 N–H and O–H groups in total. The molecule has 0 atom stereocenters. The van der Waals surface area contributed by atoms with Crippen molar-refractivity contribution in [3.8, 4) is 0 Å². The van der Waals surface area contributed by atoms with Crippen LogP contribution in [-0.4, -0.2) is 6.71 Å². The van der Waals surface area contributed by atoms with Crippen molar-refractivity contribution < 1.29 is 63.4 Å². The predicted octanol–water partition coefficient (Wildman–Crippen LogP) is -7.16. The molecule has 2 aromatic carbocycles. The summed E-state index contributed by atoms with van der Waals surface area (Å²) in [5.41, 5.74) is 5.97. The molecule has 0 spiro atoms. The Hall–Kier alpha value is 0.258. The zero-order valence-corrected chi connectivity index (χ0v) is 15.3. The van der Waals surface area contributed by atoms with Gasteiger partial charge in [-0.2, -0.15) is 0 Å². The molecule has 0 aliphatic carbocycles. The van der Waals surface area contributed by atoms with Crippen molar-refractivity contribution in [2.75, 3.05) is 0 Å². The summed E-state index contributed by atoms with van der Waals surface area (Å²) in [6, 6.07) is 17.6. The third-order valence-electron chi connectivity index (χ3n) is 3.42. The van der Waals surface area contributed by atoms with E-state index < -0.39 is 0 Å². The Labute approximate surface area is 153 Å². The third-order valence-corrected chi connectivity index (χ3v) is 3.42. The molecule has 97 valence electrons. The molecule has 0 amide bonds. The number of hydrogen-bond donors (Lipinski definition) is 0. The number of rotatable bonds is 0. The Bertz CT molecular complexity index is 474. The van der Waals surface area contributed by atoms with Gasteiger partial charge in [-0.1, -0.05) is 66.3 Å². The van der Waals surface area contributed by atoms with E-state index in [0.717, 1.165) is 6.42 Å². The van der Waals surface area contributed by atoms with Gasteiger partial charge in [0, 0.05) is 0 Å². The van der Waals surface area contributed by atoms with Crippen molar-refractivity contribution >= 4 is 17.6 Å². The maximum Gasteiger partial charge on any atom is 3.00 e. The van der Waals surface area contributed by atoms with Crippen LogP contribution in [0.15, 0.2) is 48.5 Å². The van der Waals surface area contributed by atoms with Crippen molar-refractivity contribution in [1.29, 1.82) is 0 Å². The Morgan fingerprint density at radius 3 is 1.53 bits per heavy atom. The molecular formula is C14H13BCl3Zr. The van der Waals surface area contributed by atoms with Gasteiger partial charge in [0.25, 0.3) is 0 Å². The zero-order chi connectivity index (χ0) is 10.3. The van der Waals surface area contributed by atoms with Gasteiger partial charge in [-0.05, 0) is 17.5 Å². The second-order valence-electron chi connectivity index (χ2n) is 4.30. The average molecular weight is 390 g/mol. The summed E-state index contributed by atoms with van der Waals surface area (Å²) in [5, 5.41) is 0. The fourth-order valence-electron chi connectivity index (χ4n) is 2.61. The fraction of sp³-hybridized carbons (Fsp3) is 0.143. The molecule has 0 fully saturated rings. The minimum absolute atomic E-state index is 0. The van der Waals surface area contributed by atoms with Crippen molar-refractivity contribution in [3.63, 3.8) is 0 Å². The van der Waals surface area contributed by atoms with Crippen LogP contribution in [0.3, 0.4) is 0 Å². The smallest absolute Gasteiger partial charge is 1.00 e. The van der Waals surface area contributed by atoms with E-state index >= 15 is 0 Å². The molecule has 0 bridgehead atoms. The zero-order valence-electron chi connectivity index (χ0n) is 10.5. The number of benzene rings is 2. The Morgan fingerprint density at radius 1 is 0.737 bits per heavy atom. The standard InChI is InChI=1S/C14H13B.3ClH.Zr/c1-15-13-8-4-2-6-11(13)10-12-7-3-5-9-14(12)15;;;;/h2-9H,10H2,1H3;3*1H;/q;;;;+3/p-3. The van der Waals surface area contributed by atoms with Crippen LogP contribution in [-0.2, 0) is 32.6 Å². The van der Waals surface area contributed by atoms with Crippen molar-refractivity contribution in [3.05, 3.63) is 59.7 Å². The van der Waals surface area contributed by atoms with Gasteiger partial charge in [-0.25, -0.2) is 0 Å². The molecule has 5 heteroatoms. The normalized spacial score (nSPS) is 10.5. The van der Waals surface area contributed by atoms with E-state index in [4.69, 9.17) is 0 Å². The fourth-order valence-corrected chi connectivity index (χ4v) is 2.61. The molecule has 1 aliphatic heterocycles. The van der Waals surface area contributed by atoms with Gasteiger partial charge in [0.2, 0.25) is 6.71 Å². The van der Waals surface area contributed by atoms with Gasteiger partial charge in [0.05, 0.1) is 0 Å². The van der Waals surface area contributed by atoms with Crippen LogP contribution in [0.4, 0.5) is 0 Å². The van der Waals surface area contributed by atoms with E-state index in [1.54, 1.807) is 0 Å². The molecule has 0 nitrogen and oxygen atoms in total. The summed E-state index contributed by atoms with van der Waals surface area (Å²) < 4.78 is 0. The molecule has 0 aromatic heterocycles. The Balaban J connectivity index is 0. The first-order chi connectivity index (χ1) is 7.36. The predicted molar refractivity (Wildman–Crippen MR) is 66.6 cm³/mol. The van der Waals surface area contributed by atoms with Gasteiger partial charge in [0.15, 0.2) is 0 Å². The van der Waals surface area contributed by atoms with Crippen LogP contribution >= 0.6 is 0 Å². The van der Waals surface area contributed by atoms with Gasteiger partial charge in [-0.3, -0.25) is 0 Å². The number of hydrogen-bond acceptors (Lipinski definition) is 0. The van der Waals surface area contributed by atoms with Crippen LogP contribution in [0.1, 0.15) is 11.1 Å². The van der Waals surface area contributed by atoms with Crippen molar-refractivity contribution in [1.82, 2.24) is 0 Å². The first-order valence-corrected chi connectivity index (χ1v) is 5.52. The van der Waals surface area contributed by atoms with Crippen LogP contribution in [0.5, 0.6) is 0 Å². The summed E-state index contributed by atoms with van der Waals surface area (Å²) in [6.45, 7) is 2.85. The van der Waals surface area contributed by atoms with E-state index in [-0.39, 0.29) is 63.4 Å². The summed E-state index contributed by atoms with van der Waals surface area (Å²) in [6.07, 6.45) is 1.09. The van der Waals surface area contributed by atoms with Crippen LogP contribution in [0, 0.1) is 0 Å². The van der Waals surface area contributed by atoms with E-state index in [0.29, 0.717) is 6.71 Å². The molecule has 1 heterocycles. The van der Waals surface area contributed by atoms with Gasteiger partial charge < -0.3 is 37.2 Å². The quantitative estimate of drug-likeness (QED) is 0.393. The second kappa shape index (κ2) is 9.24. The average Bonchev–Trinajstić information content (AvgIpc) is 2.30. The van der Waals surface area contributed by atoms with Crippen molar-refractivity contribution in [2.45, 2.75) is 13.2 Å².